The molecule has 0 amide bonds. The van der Waals surface area contributed by atoms with E-state index in [0.29, 0.717) is 5.95 Å². The molecule has 26 heavy (non-hydrogen) atoms. The van der Waals surface area contributed by atoms with Gasteiger partial charge >= 0.3 is 0 Å². The number of ether oxygens (including phenoxy) is 2. The molecule has 0 saturated carbocycles. The van der Waals surface area contributed by atoms with Crippen LogP contribution in [0.5, 0.6) is 11.5 Å². The van der Waals surface area contributed by atoms with E-state index in [-0.39, 0.29) is 0 Å². The summed E-state index contributed by atoms with van der Waals surface area (Å²) in [7, 11) is 3.32. The molecule has 5 nitrogen and oxygen atoms in total. The molecule has 1 aromatic heterocycles. The van der Waals surface area contributed by atoms with Gasteiger partial charge in [-0.3, -0.25) is 0 Å². The maximum atomic E-state index is 5.38. The number of benzene rings is 2. The second-order valence-corrected chi connectivity index (χ2v) is 6.92. The maximum Gasteiger partial charge on any atom is 0.227 e. The molecule has 4 rings (SSSR count). The lowest BCUT2D eigenvalue weighted by molar-refractivity contribution is 0.412. The van der Waals surface area contributed by atoms with Gasteiger partial charge in [0, 0.05) is 23.5 Å². The third-order valence-corrected chi connectivity index (χ3v) is 5.16. The van der Waals surface area contributed by atoms with Crippen LogP contribution in [0.2, 0.25) is 0 Å². The molecule has 6 heteroatoms. The van der Waals surface area contributed by atoms with E-state index >= 15 is 0 Å². The van der Waals surface area contributed by atoms with E-state index in [1.807, 2.05) is 36.5 Å². The largest absolute Gasteiger partial charge is 0.497 e. The number of nitrogens with one attached hydrogen (secondary N) is 1. The van der Waals surface area contributed by atoms with E-state index < -0.39 is 0 Å². The van der Waals surface area contributed by atoms with Gasteiger partial charge < -0.3 is 14.8 Å². The summed E-state index contributed by atoms with van der Waals surface area (Å²) in [6.45, 7) is 0. The lowest BCUT2D eigenvalue weighted by Gasteiger charge is -2.20. The Balaban J connectivity index is 1.70. The zero-order chi connectivity index (χ0) is 18.1. The van der Waals surface area contributed by atoms with Crippen molar-refractivity contribution < 1.29 is 9.47 Å². The summed E-state index contributed by atoms with van der Waals surface area (Å²) in [5.41, 5.74) is 5.39. The number of fused-ring (bicyclic) bond motifs is 3. The fourth-order valence-electron chi connectivity index (χ4n) is 3.14. The Hall–Kier alpha value is -2.60. The standard InChI is InChI=1S/C20H18BrN3O2/c1-25-15-7-5-12-3-4-13-11-22-20(24-19(13)16(12)10-15)23-14-6-8-17(21)18(9-14)26-2/h5-11H,3-4H2,1-2H3,(H,22,23,24). The highest BCUT2D eigenvalue weighted by Crippen LogP contribution is 2.35. The van der Waals surface area contributed by atoms with Crippen LogP contribution in [0.25, 0.3) is 11.3 Å². The Morgan fingerprint density at radius 3 is 2.65 bits per heavy atom. The normalized spacial score (nSPS) is 12.1. The van der Waals surface area contributed by atoms with E-state index in [2.05, 4.69) is 32.3 Å². The first-order chi connectivity index (χ1) is 12.7. The monoisotopic (exact) mass is 411 g/mol. The molecule has 0 spiro atoms. The first-order valence-electron chi connectivity index (χ1n) is 8.31. The van der Waals surface area contributed by atoms with Crippen LogP contribution in [0.3, 0.4) is 0 Å². The van der Waals surface area contributed by atoms with Crippen LogP contribution in [-0.4, -0.2) is 24.2 Å². The molecule has 132 valence electrons. The van der Waals surface area contributed by atoms with Gasteiger partial charge in [0.1, 0.15) is 11.5 Å². The molecule has 0 bridgehead atoms. The molecule has 1 heterocycles. The molecule has 1 aliphatic carbocycles. The van der Waals surface area contributed by atoms with Gasteiger partial charge in [-0.25, -0.2) is 9.97 Å². The minimum Gasteiger partial charge on any atom is -0.497 e. The van der Waals surface area contributed by atoms with Crippen LogP contribution in [0.15, 0.2) is 47.1 Å². The number of hydrogen-bond acceptors (Lipinski definition) is 5. The maximum absolute atomic E-state index is 5.38. The Bertz CT molecular complexity index is 975. The number of nitrogens with zero attached hydrogens (tertiary/aromatic N) is 2. The summed E-state index contributed by atoms with van der Waals surface area (Å²) in [6.07, 6.45) is 3.84. The molecule has 0 unspecified atom stereocenters. The molecule has 0 saturated heterocycles. The quantitative estimate of drug-likeness (QED) is 0.670. The molecule has 0 radical (unpaired) electrons. The van der Waals surface area contributed by atoms with E-state index in [1.165, 1.54) is 5.56 Å². The fraction of sp³-hybridized carbons (Fsp3) is 0.200. The number of anilines is 2. The third-order valence-electron chi connectivity index (χ3n) is 4.51. The summed E-state index contributed by atoms with van der Waals surface area (Å²) >= 11 is 3.46. The van der Waals surface area contributed by atoms with E-state index in [0.717, 1.165) is 51.3 Å². The first kappa shape index (κ1) is 16.8. The Morgan fingerprint density at radius 2 is 1.85 bits per heavy atom. The van der Waals surface area contributed by atoms with Gasteiger partial charge in [0.25, 0.3) is 0 Å². The second-order valence-electron chi connectivity index (χ2n) is 6.06. The molecular formula is C20H18BrN3O2. The Kier molecular flexibility index (Phi) is 4.51. The smallest absolute Gasteiger partial charge is 0.227 e. The minimum atomic E-state index is 0.559. The summed E-state index contributed by atoms with van der Waals surface area (Å²) in [5, 5.41) is 3.26. The van der Waals surface area contributed by atoms with Crippen molar-refractivity contribution in [3.05, 3.63) is 58.2 Å². The Morgan fingerprint density at radius 1 is 1.00 bits per heavy atom. The van der Waals surface area contributed by atoms with Gasteiger partial charge in [-0.1, -0.05) is 6.07 Å². The summed E-state index contributed by atoms with van der Waals surface area (Å²) in [5.74, 6) is 2.15. The predicted octanol–water partition coefficient (Wildman–Crippen LogP) is 4.77. The number of halogens is 1. The average molecular weight is 412 g/mol. The van der Waals surface area contributed by atoms with Crippen molar-refractivity contribution in [2.45, 2.75) is 12.8 Å². The van der Waals surface area contributed by atoms with Crippen LogP contribution < -0.4 is 14.8 Å². The van der Waals surface area contributed by atoms with Crippen LogP contribution >= 0.6 is 15.9 Å². The van der Waals surface area contributed by atoms with Gasteiger partial charge in [-0.15, -0.1) is 0 Å². The summed E-state index contributed by atoms with van der Waals surface area (Å²) in [6, 6.07) is 12.0. The number of hydrogen-bond donors (Lipinski definition) is 1. The van der Waals surface area contributed by atoms with Gasteiger partial charge in [-0.2, -0.15) is 0 Å². The predicted molar refractivity (Wildman–Crippen MR) is 105 cm³/mol. The summed E-state index contributed by atoms with van der Waals surface area (Å²) in [4.78, 5) is 9.25. The third kappa shape index (κ3) is 3.12. The Labute approximate surface area is 160 Å². The zero-order valence-corrected chi connectivity index (χ0v) is 16.1. The summed E-state index contributed by atoms with van der Waals surface area (Å²) < 4.78 is 11.6. The van der Waals surface area contributed by atoms with Gasteiger partial charge in [0.2, 0.25) is 5.95 Å². The molecule has 3 aromatic rings. The molecule has 1 aliphatic rings. The molecule has 2 aromatic carbocycles. The topological polar surface area (TPSA) is 56.3 Å². The van der Waals surface area contributed by atoms with Gasteiger partial charge in [0.05, 0.1) is 24.4 Å². The van der Waals surface area contributed by atoms with Crippen molar-refractivity contribution >= 4 is 27.6 Å². The van der Waals surface area contributed by atoms with E-state index in [4.69, 9.17) is 14.5 Å². The van der Waals surface area contributed by atoms with Crippen molar-refractivity contribution in [3.8, 4) is 22.8 Å². The molecule has 0 atom stereocenters. The van der Waals surface area contributed by atoms with E-state index in [1.54, 1.807) is 14.2 Å². The molecule has 0 aliphatic heterocycles. The highest BCUT2D eigenvalue weighted by molar-refractivity contribution is 9.10. The SMILES string of the molecule is COc1ccc2c(c1)-c1nc(Nc3ccc(Br)c(OC)c3)ncc1CC2. The second kappa shape index (κ2) is 6.96. The van der Waals surface area contributed by atoms with Gasteiger partial charge in [-0.05, 0) is 64.2 Å². The van der Waals surface area contributed by atoms with Crippen molar-refractivity contribution in [1.29, 1.82) is 0 Å². The number of aryl methyl sites for hydroxylation is 2. The highest BCUT2D eigenvalue weighted by atomic mass is 79.9. The zero-order valence-electron chi connectivity index (χ0n) is 14.5. The average Bonchev–Trinajstić information content (AvgIpc) is 2.68. The molecular weight excluding hydrogens is 394 g/mol. The number of rotatable bonds is 4. The first-order valence-corrected chi connectivity index (χ1v) is 9.11. The van der Waals surface area contributed by atoms with Crippen molar-refractivity contribution in [1.82, 2.24) is 9.97 Å². The van der Waals surface area contributed by atoms with E-state index in [9.17, 15) is 0 Å². The van der Waals surface area contributed by atoms with Crippen molar-refractivity contribution in [2.75, 3.05) is 19.5 Å². The van der Waals surface area contributed by atoms with Crippen LogP contribution in [-0.2, 0) is 12.8 Å². The molecule has 0 fully saturated rings. The number of methoxy groups -OCH3 is 2. The molecule has 1 N–H and O–H groups in total. The van der Waals surface area contributed by atoms with Crippen molar-refractivity contribution in [3.63, 3.8) is 0 Å². The van der Waals surface area contributed by atoms with Crippen LogP contribution in [0, 0.1) is 0 Å². The number of aromatic nitrogens is 2. The van der Waals surface area contributed by atoms with Crippen molar-refractivity contribution in [2.24, 2.45) is 0 Å². The lowest BCUT2D eigenvalue weighted by atomic mass is 9.90. The highest BCUT2D eigenvalue weighted by Gasteiger charge is 2.19. The van der Waals surface area contributed by atoms with Crippen LogP contribution in [0.1, 0.15) is 11.1 Å². The van der Waals surface area contributed by atoms with Gasteiger partial charge in [0.15, 0.2) is 0 Å². The van der Waals surface area contributed by atoms with Crippen LogP contribution in [0.4, 0.5) is 11.6 Å². The minimum absolute atomic E-state index is 0.559. The fourth-order valence-corrected chi connectivity index (χ4v) is 3.55. The lowest BCUT2D eigenvalue weighted by Crippen LogP contribution is -2.09.